The first-order valence-electron chi connectivity index (χ1n) is 4.12. The van der Waals surface area contributed by atoms with Crippen molar-refractivity contribution in [2.45, 2.75) is 12.3 Å². The first-order chi connectivity index (χ1) is 6.25. The molecule has 1 N–H and O–H groups in total. The molecule has 0 amide bonds. The normalized spacial score (nSPS) is 11.5. The molecule has 0 bridgehead atoms. The number of carbonyl (C=O) groups is 1. The number of hydrogen-bond donors (Lipinski definition) is 1. The van der Waals surface area contributed by atoms with Crippen LogP contribution in [-0.4, -0.2) is 17.7 Å². The average molecular weight is 202 g/mol. The standard InChI is InChI=1S/C10H12O3.Na/c11-7-6-9(10(12)13)8-4-2-1-3-5-8;/h1-5,9,11H,6-7H2,(H,12,13);/q;+1/p-1. The van der Waals surface area contributed by atoms with Crippen LogP contribution in [0.5, 0.6) is 0 Å². The molecular weight excluding hydrogens is 191 g/mol. The molecule has 0 saturated heterocycles. The maximum Gasteiger partial charge on any atom is 1.00 e. The molecule has 3 nitrogen and oxygen atoms in total. The van der Waals surface area contributed by atoms with Gasteiger partial charge in [-0.1, -0.05) is 30.3 Å². The second-order valence-electron chi connectivity index (χ2n) is 2.79. The van der Waals surface area contributed by atoms with Crippen LogP contribution in [0, 0.1) is 0 Å². The summed E-state index contributed by atoms with van der Waals surface area (Å²) in [7, 11) is 0. The van der Waals surface area contributed by atoms with E-state index >= 15 is 0 Å². The van der Waals surface area contributed by atoms with Crippen LogP contribution in [0.3, 0.4) is 0 Å². The molecule has 0 fully saturated rings. The van der Waals surface area contributed by atoms with Gasteiger partial charge in [0.1, 0.15) is 0 Å². The summed E-state index contributed by atoms with van der Waals surface area (Å²) in [5.41, 5.74) is 0.677. The molecular formula is C10H11NaO3. The minimum absolute atomic E-state index is 0. The number of aliphatic hydroxyl groups excluding tert-OH is 1. The number of benzene rings is 1. The van der Waals surface area contributed by atoms with Gasteiger partial charge in [0.25, 0.3) is 0 Å². The molecule has 0 aromatic heterocycles. The van der Waals surface area contributed by atoms with E-state index in [0.717, 1.165) is 0 Å². The summed E-state index contributed by atoms with van der Waals surface area (Å²) in [6.07, 6.45) is 0.201. The van der Waals surface area contributed by atoms with Gasteiger partial charge in [-0.25, -0.2) is 0 Å². The van der Waals surface area contributed by atoms with E-state index in [4.69, 9.17) is 5.11 Å². The van der Waals surface area contributed by atoms with Gasteiger partial charge in [0.15, 0.2) is 0 Å². The molecule has 0 aliphatic heterocycles. The molecule has 1 atom stereocenters. The Labute approximate surface area is 105 Å². The average Bonchev–Trinajstić information content (AvgIpc) is 2.15. The number of carbonyl (C=O) groups excluding carboxylic acids is 1. The molecule has 14 heavy (non-hydrogen) atoms. The SMILES string of the molecule is O=C([O-])C(CCO)c1ccccc1.[Na+]. The fraction of sp³-hybridized carbons (Fsp3) is 0.300. The maximum absolute atomic E-state index is 10.7. The fourth-order valence-corrected chi connectivity index (χ4v) is 1.24. The predicted octanol–water partition coefficient (Wildman–Crippen LogP) is -3.09. The monoisotopic (exact) mass is 202 g/mol. The molecule has 0 spiro atoms. The molecule has 0 aliphatic rings. The summed E-state index contributed by atoms with van der Waals surface area (Å²) < 4.78 is 0. The van der Waals surface area contributed by atoms with Gasteiger partial charge in [0.2, 0.25) is 0 Å². The molecule has 0 heterocycles. The Morgan fingerprint density at radius 2 is 1.93 bits per heavy atom. The summed E-state index contributed by atoms with van der Waals surface area (Å²) in [5, 5.41) is 19.3. The van der Waals surface area contributed by atoms with Crippen molar-refractivity contribution in [3.05, 3.63) is 35.9 Å². The van der Waals surface area contributed by atoms with E-state index in [1.165, 1.54) is 0 Å². The zero-order valence-corrected chi connectivity index (χ0v) is 10.1. The molecule has 4 heteroatoms. The van der Waals surface area contributed by atoms with Gasteiger partial charge in [-0.15, -0.1) is 0 Å². The van der Waals surface area contributed by atoms with Gasteiger partial charge in [-0.3, -0.25) is 0 Å². The molecule has 0 aliphatic carbocycles. The first-order valence-corrected chi connectivity index (χ1v) is 4.12. The Morgan fingerprint density at radius 3 is 2.36 bits per heavy atom. The van der Waals surface area contributed by atoms with Gasteiger partial charge in [0, 0.05) is 18.5 Å². The molecule has 1 aromatic carbocycles. The Bertz CT molecular complexity index is 274. The first kappa shape index (κ1) is 13.7. The molecule has 0 saturated carbocycles. The third-order valence-electron chi connectivity index (χ3n) is 1.90. The van der Waals surface area contributed by atoms with Gasteiger partial charge < -0.3 is 15.0 Å². The second-order valence-corrected chi connectivity index (χ2v) is 2.79. The Morgan fingerprint density at radius 1 is 1.36 bits per heavy atom. The molecule has 0 radical (unpaired) electrons. The molecule has 1 aromatic rings. The van der Waals surface area contributed by atoms with Gasteiger partial charge in [0.05, 0.1) is 0 Å². The Hall–Kier alpha value is -0.350. The summed E-state index contributed by atoms with van der Waals surface area (Å²) >= 11 is 0. The Balaban J connectivity index is 0.00000169. The van der Waals surface area contributed by atoms with E-state index < -0.39 is 11.9 Å². The zero-order chi connectivity index (χ0) is 9.68. The van der Waals surface area contributed by atoms with Gasteiger partial charge in [-0.05, 0) is 12.0 Å². The van der Waals surface area contributed by atoms with Crippen LogP contribution in [0.15, 0.2) is 30.3 Å². The minimum atomic E-state index is -1.14. The van der Waals surface area contributed by atoms with Crippen molar-refractivity contribution in [2.75, 3.05) is 6.61 Å². The quantitative estimate of drug-likeness (QED) is 0.526. The third kappa shape index (κ3) is 3.80. The van der Waals surface area contributed by atoms with Crippen molar-refractivity contribution >= 4 is 5.97 Å². The maximum atomic E-state index is 10.7. The van der Waals surface area contributed by atoms with Crippen LogP contribution in [0.4, 0.5) is 0 Å². The minimum Gasteiger partial charge on any atom is -0.549 e. The van der Waals surface area contributed by atoms with Crippen LogP contribution >= 0.6 is 0 Å². The van der Waals surface area contributed by atoms with Gasteiger partial charge >= 0.3 is 29.6 Å². The second kappa shape index (κ2) is 7.01. The third-order valence-corrected chi connectivity index (χ3v) is 1.90. The summed E-state index contributed by atoms with van der Waals surface area (Å²) in [5.74, 6) is -1.84. The van der Waals surface area contributed by atoms with Crippen LogP contribution in [0.2, 0.25) is 0 Å². The molecule has 1 unspecified atom stereocenters. The van der Waals surface area contributed by atoms with Crippen molar-refractivity contribution in [3.63, 3.8) is 0 Å². The van der Waals surface area contributed by atoms with Gasteiger partial charge in [-0.2, -0.15) is 0 Å². The van der Waals surface area contributed by atoms with Crippen molar-refractivity contribution in [1.29, 1.82) is 0 Å². The fourth-order valence-electron chi connectivity index (χ4n) is 1.24. The molecule has 1 rings (SSSR count). The summed E-state index contributed by atoms with van der Waals surface area (Å²) in [6.45, 7) is -0.145. The van der Waals surface area contributed by atoms with Crippen LogP contribution in [0.1, 0.15) is 17.9 Å². The summed E-state index contributed by atoms with van der Waals surface area (Å²) in [4.78, 5) is 10.7. The van der Waals surface area contributed by atoms with Crippen molar-refractivity contribution in [2.24, 2.45) is 0 Å². The van der Waals surface area contributed by atoms with Crippen molar-refractivity contribution < 1.29 is 44.6 Å². The smallest absolute Gasteiger partial charge is 0.549 e. The van der Waals surface area contributed by atoms with Crippen LogP contribution < -0.4 is 34.7 Å². The van der Waals surface area contributed by atoms with Crippen LogP contribution in [0.25, 0.3) is 0 Å². The van der Waals surface area contributed by atoms with E-state index in [1.54, 1.807) is 24.3 Å². The van der Waals surface area contributed by atoms with Crippen LogP contribution in [-0.2, 0) is 4.79 Å². The number of carboxylic acid groups (broad SMARTS) is 1. The predicted molar refractivity (Wildman–Crippen MR) is 45.9 cm³/mol. The van der Waals surface area contributed by atoms with Crippen molar-refractivity contribution in [3.8, 4) is 0 Å². The summed E-state index contributed by atoms with van der Waals surface area (Å²) in [6, 6.07) is 8.78. The van der Waals surface area contributed by atoms with Crippen molar-refractivity contribution in [1.82, 2.24) is 0 Å². The number of aliphatic hydroxyl groups is 1. The van der Waals surface area contributed by atoms with E-state index in [2.05, 4.69) is 0 Å². The van der Waals surface area contributed by atoms with E-state index in [1.807, 2.05) is 6.07 Å². The Kier molecular flexibility index (Phi) is 6.83. The molecule has 70 valence electrons. The number of hydrogen-bond acceptors (Lipinski definition) is 3. The van der Waals surface area contributed by atoms with E-state index in [-0.39, 0.29) is 42.6 Å². The zero-order valence-electron chi connectivity index (χ0n) is 8.14. The topological polar surface area (TPSA) is 60.4 Å². The van der Waals surface area contributed by atoms with E-state index in [9.17, 15) is 9.90 Å². The largest absolute Gasteiger partial charge is 1.00 e. The number of carboxylic acids is 1. The number of aliphatic carboxylic acids is 1. The van der Waals surface area contributed by atoms with E-state index in [0.29, 0.717) is 5.56 Å². The number of rotatable bonds is 4.